The minimum absolute atomic E-state index is 0.426. The van der Waals surface area contributed by atoms with E-state index in [0.29, 0.717) is 17.0 Å². The van der Waals surface area contributed by atoms with Crippen molar-refractivity contribution < 1.29 is 4.74 Å². The highest BCUT2D eigenvalue weighted by atomic mass is 32.2. The van der Waals surface area contributed by atoms with Gasteiger partial charge in [-0.25, -0.2) is 0 Å². The molecule has 3 rings (SSSR count). The summed E-state index contributed by atoms with van der Waals surface area (Å²) in [6, 6.07) is 22.0. The zero-order valence-corrected chi connectivity index (χ0v) is 16.1. The molecule has 2 aromatic rings. The van der Waals surface area contributed by atoms with Gasteiger partial charge in [-0.05, 0) is 49.4 Å². The maximum absolute atomic E-state index is 5.88. The monoisotopic (exact) mass is 355 g/mol. The molecular formula is C23H31OS+. The van der Waals surface area contributed by atoms with Crippen molar-refractivity contribution in [3.05, 3.63) is 71.8 Å². The van der Waals surface area contributed by atoms with Crippen LogP contribution in [0.2, 0.25) is 0 Å². The summed E-state index contributed by atoms with van der Waals surface area (Å²) in [6.07, 6.45) is 8.35. The molecule has 1 aliphatic heterocycles. The average molecular weight is 356 g/mol. The van der Waals surface area contributed by atoms with E-state index >= 15 is 0 Å². The van der Waals surface area contributed by atoms with Crippen molar-refractivity contribution in [2.75, 3.05) is 12.4 Å². The highest BCUT2D eigenvalue weighted by Gasteiger charge is 2.20. The quantitative estimate of drug-likeness (QED) is 0.411. The lowest BCUT2D eigenvalue weighted by Gasteiger charge is -2.22. The zero-order chi connectivity index (χ0) is 17.2. The van der Waals surface area contributed by atoms with E-state index in [2.05, 4.69) is 60.7 Å². The first-order valence-corrected chi connectivity index (χ1v) is 11.5. The van der Waals surface area contributed by atoms with Gasteiger partial charge in [-0.3, -0.25) is 0 Å². The molecule has 0 amide bonds. The number of rotatable bonds is 9. The standard InChI is InChI=1S/C23H31OS/c1-3-11-21(12-4-1)19-25(20-22-13-5-2-6-14-22)18-10-8-16-23-15-7-9-17-24-23/h1-6,11-14,23H,7-10,15-20H2/q+1. The first-order valence-electron chi connectivity index (χ1n) is 9.74. The molecule has 25 heavy (non-hydrogen) atoms. The Morgan fingerprint density at radius 1 is 0.800 bits per heavy atom. The van der Waals surface area contributed by atoms with E-state index in [-0.39, 0.29) is 0 Å². The van der Waals surface area contributed by atoms with Gasteiger partial charge >= 0.3 is 0 Å². The number of ether oxygens (including phenoxy) is 1. The van der Waals surface area contributed by atoms with Gasteiger partial charge in [0.15, 0.2) is 0 Å². The smallest absolute Gasteiger partial charge is 0.133 e. The van der Waals surface area contributed by atoms with Crippen molar-refractivity contribution in [1.82, 2.24) is 0 Å². The lowest BCUT2D eigenvalue weighted by molar-refractivity contribution is 0.0101. The van der Waals surface area contributed by atoms with Crippen molar-refractivity contribution in [3.8, 4) is 0 Å². The maximum atomic E-state index is 5.88. The van der Waals surface area contributed by atoms with Gasteiger partial charge in [0.25, 0.3) is 0 Å². The summed E-state index contributed by atoms with van der Waals surface area (Å²) in [6.45, 7) is 0.983. The summed E-state index contributed by atoms with van der Waals surface area (Å²) in [5, 5.41) is 0. The topological polar surface area (TPSA) is 9.23 Å². The van der Waals surface area contributed by atoms with Gasteiger partial charge < -0.3 is 4.74 Å². The predicted octanol–water partition coefficient (Wildman–Crippen LogP) is 5.74. The van der Waals surface area contributed by atoms with Gasteiger partial charge in [-0.2, -0.15) is 0 Å². The molecule has 0 spiro atoms. The molecule has 0 saturated carbocycles. The Kier molecular flexibility index (Phi) is 7.92. The molecule has 0 radical (unpaired) electrons. The molecule has 0 N–H and O–H groups in total. The van der Waals surface area contributed by atoms with Crippen LogP contribution in [0.4, 0.5) is 0 Å². The number of hydrogen-bond donors (Lipinski definition) is 0. The van der Waals surface area contributed by atoms with Gasteiger partial charge in [0.05, 0.1) is 6.10 Å². The predicted molar refractivity (Wildman–Crippen MR) is 110 cm³/mol. The minimum atomic E-state index is 0.426. The molecule has 1 heterocycles. The van der Waals surface area contributed by atoms with E-state index in [9.17, 15) is 0 Å². The van der Waals surface area contributed by atoms with Crippen molar-refractivity contribution in [2.45, 2.75) is 56.1 Å². The van der Waals surface area contributed by atoms with E-state index in [4.69, 9.17) is 4.74 Å². The Balaban J connectivity index is 1.48. The van der Waals surface area contributed by atoms with Crippen molar-refractivity contribution in [1.29, 1.82) is 0 Å². The molecule has 0 aromatic heterocycles. The number of hydrogen-bond acceptors (Lipinski definition) is 1. The van der Waals surface area contributed by atoms with Crippen LogP contribution in [-0.2, 0) is 27.1 Å². The molecule has 1 fully saturated rings. The van der Waals surface area contributed by atoms with Crippen LogP contribution in [0, 0.1) is 0 Å². The second kappa shape index (κ2) is 10.7. The highest BCUT2D eigenvalue weighted by Crippen LogP contribution is 2.20. The number of unbranched alkanes of at least 4 members (excludes halogenated alkanes) is 1. The molecule has 1 aliphatic rings. The summed E-state index contributed by atoms with van der Waals surface area (Å²) in [5.74, 6) is 3.78. The zero-order valence-electron chi connectivity index (χ0n) is 15.2. The summed E-state index contributed by atoms with van der Waals surface area (Å²) in [7, 11) is 0.426. The molecule has 2 aromatic carbocycles. The van der Waals surface area contributed by atoms with E-state index in [1.54, 1.807) is 0 Å². The second-order valence-electron chi connectivity index (χ2n) is 7.06. The van der Waals surface area contributed by atoms with Gasteiger partial charge in [0, 0.05) is 17.7 Å². The van der Waals surface area contributed by atoms with Crippen LogP contribution in [0.1, 0.15) is 49.7 Å². The molecule has 1 atom stereocenters. The average Bonchev–Trinajstić information content (AvgIpc) is 2.67. The fourth-order valence-electron chi connectivity index (χ4n) is 3.53. The van der Waals surface area contributed by atoms with Crippen molar-refractivity contribution >= 4 is 10.9 Å². The SMILES string of the molecule is c1ccc(C[S+](CCCCC2CCCCO2)Cc2ccccc2)cc1. The molecule has 1 unspecified atom stereocenters. The first-order chi connectivity index (χ1) is 12.4. The molecule has 0 aliphatic carbocycles. The third-order valence-electron chi connectivity index (χ3n) is 4.91. The van der Waals surface area contributed by atoms with Crippen LogP contribution in [0.25, 0.3) is 0 Å². The van der Waals surface area contributed by atoms with Crippen LogP contribution >= 0.6 is 0 Å². The summed E-state index contributed by atoms with van der Waals surface area (Å²) in [5.41, 5.74) is 2.97. The van der Waals surface area contributed by atoms with Gasteiger partial charge in [0.1, 0.15) is 17.3 Å². The maximum Gasteiger partial charge on any atom is 0.133 e. The number of benzene rings is 2. The fourth-order valence-corrected chi connectivity index (χ4v) is 5.86. The Hall–Kier alpha value is -1.25. The summed E-state index contributed by atoms with van der Waals surface area (Å²) < 4.78 is 5.88. The first kappa shape index (κ1) is 18.5. The summed E-state index contributed by atoms with van der Waals surface area (Å²) >= 11 is 0. The van der Waals surface area contributed by atoms with Crippen LogP contribution in [0.15, 0.2) is 60.7 Å². The molecule has 0 bridgehead atoms. The lowest BCUT2D eigenvalue weighted by atomic mass is 10.0. The van der Waals surface area contributed by atoms with Gasteiger partial charge in [0.2, 0.25) is 0 Å². The van der Waals surface area contributed by atoms with Crippen molar-refractivity contribution in [2.24, 2.45) is 0 Å². The van der Waals surface area contributed by atoms with Crippen LogP contribution in [-0.4, -0.2) is 18.5 Å². The Morgan fingerprint density at radius 3 is 2.00 bits per heavy atom. The van der Waals surface area contributed by atoms with E-state index in [1.165, 1.54) is 66.9 Å². The molecule has 1 saturated heterocycles. The third kappa shape index (κ3) is 6.87. The Morgan fingerprint density at radius 2 is 1.44 bits per heavy atom. The van der Waals surface area contributed by atoms with Crippen molar-refractivity contribution in [3.63, 3.8) is 0 Å². The minimum Gasteiger partial charge on any atom is -0.378 e. The van der Waals surface area contributed by atoms with E-state index in [0.717, 1.165) is 6.61 Å². The Bertz CT molecular complexity index is 536. The fraction of sp³-hybridized carbons (Fsp3) is 0.478. The largest absolute Gasteiger partial charge is 0.378 e. The van der Waals surface area contributed by atoms with E-state index in [1.807, 2.05) is 0 Å². The van der Waals surface area contributed by atoms with E-state index < -0.39 is 0 Å². The molecular weight excluding hydrogens is 324 g/mol. The highest BCUT2D eigenvalue weighted by molar-refractivity contribution is 7.95. The molecule has 134 valence electrons. The van der Waals surface area contributed by atoms with Gasteiger partial charge in [-0.1, -0.05) is 60.7 Å². The van der Waals surface area contributed by atoms with Crippen LogP contribution < -0.4 is 0 Å². The van der Waals surface area contributed by atoms with Crippen LogP contribution in [0.3, 0.4) is 0 Å². The normalized spacial score (nSPS) is 17.7. The second-order valence-corrected chi connectivity index (χ2v) is 9.27. The Labute approximate surface area is 156 Å². The molecule has 1 nitrogen and oxygen atoms in total. The van der Waals surface area contributed by atoms with Gasteiger partial charge in [-0.15, -0.1) is 0 Å². The third-order valence-corrected chi connectivity index (χ3v) is 7.26. The lowest BCUT2D eigenvalue weighted by Crippen LogP contribution is -2.19. The molecule has 2 heteroatoms. The van der Waals surface area contributed by atoms with Crippen LogP contribution in [0.5, 0.6) is 0 Å². The summed E-state index contributed by atoms with van der Waals surface area (Å²) in [4.78, 5) is 0.